The summed E-state index contributed by atoms with van der Waals surface area (Å²) in [7, 11) is 0. The number of thioether (sulfide) groups is 1. The maximum absolute atomic E-state index is 12.9. The van der Waals surface area contributed by atoms with E-state index in [1.807, 2.05) is 0 Å². The van der Waals surface area contributed by atoms with Crippen LogP contribution in [0.5, 0.6) is 0 Å². The minimum Gasteiger partial charge on any atom is -0.376 e. The van der Waals surface area contributed by atoms with Crippen molar-refractivity contribution in [3.8, 4) is 0 Å². The predicted molar refractivity (Wildman–Crippen MR) is 85.7 cm³/mol. The quantitative estimate of drug-likeness (QED) is 0.431. The Balaban J connectivity index is 2.48. The van der Waals surface area contributed by atoms with Gasteiger partial charge in [0.25, 0.3) is 0 Å². The van der Waals surface area contributed by atoms with Crippen LogP contribution in [-0.4, -0.2) is 11.1 Å². The number of hydrogen-bond donors (Lipinski definition) is 1. The SMILES string of the molecule is CCCCC[C@H](CC)SCNc1ccccc1C(F)(F)F. The normalized spacial score (nSPS) is 13.2. The van der Waals surface area contributed by atoms with Gasteiger partial charge in [-0.1, -0.05) is 45.2 Å². The Bertz CT molecular complexity index is 407. The molecule has 120 valence electrons. The van der Waals surface area contributed by atoms with Crippen LogP contribution in [0.2, 0.25) is 0 Å². The number of alkyl halides is 3. The highest BCUT2D eigenvalue weighted by atomic mass is 32.2. The summed E-state index contributed by atoms with van der Waals surface area (Å²) in [5.41, 5.74) is -0.425. The molecule has 1 rings (SSSR count). The highest BCUT2D eigenvalue weighted by Crippen LogP contribution is 2.35. The molecule has 0 saturated carbocycles. The second-order valence-electron chi connectivity index (χ2n) is 5.06. The molecule has 1 N–H and O–H groups in total. The monoisotopic (exact) mass is 319 g/mol. The van der Waals surface area contributed by atoms with Gasteiger partial charge in [-0.15, -0.1) is 11.8 Å². The van der Waals surface area contributed by atoms with Crippen molar-refractivity contribution in [2.75, 3.05) is 11.2 Å². The maximum Gasteiger partial charge on any atom is 0.418 e. The van der Waals surface area contributed by atoms with E-state index < -0.39 is 11.7 Å². The van der Waals surface area contributed by atoms with Crippen LogP contribution < -0.4 is 5.32 Å². The van der Waals surface area contributed by atoms with Crippen LogP contribution in [0.15, 0.2) is 24.3 Å². The Kier molecular flexibility index (Phi) is 8.01. The van der Waals surface area contributed by atoms with E-state index in [1.54, 1.807) is 17.8 Å². The lowest BCUT2D eigenvalue weighted by atomic mass is 10.1. The van der Waals surface area contributed by atoms with Crippen molar-refractivity contribution < 1.29 is 13.2 Å². The highest BCUT2D eigenvalue weighted by molar-refractivity contribution is 7.99. The van der Waals surface area contributed by atoms with Gasteiger partial charge in [0, 0.05) is 10.9 Å². The zero-order chi connectivity index (χ0) is 15.7. The standard InChI is InChI=1S/C16H24F3NS/c1-3-5-6-9-13(4-2)21-12-20-15-11-8-7-10-14(15)16(17,18)19/h7-8,10-11,13,20H,3-6,9,12H2,1-2H3/t13-/m0/s1. The van der Waals surface area contributed by atoms with E-state index in [2.05, 4.69) is 19.2 Å². The van der Waals surface area contributed by atoms with Crippen LogP contribution in [0.4, 0.5) is 18.9 Å². The number of halogens is 3. The van der Waals surface area contributed by atoms with Gasteiger partial charge in [-0.2, -0.15) is 13.2 Å². The average molecular weight is 319 g/mol. The van der Waals surface area contributed by atoms with E-state index >= 15 is 0 Å². The molecule has 1 atom stereocenters. The molecular weight excluding hydrogens is 295 g/mol. The van der Waals surface area contributed by atoms with Crippen LogP contribution >= 0.6 is 11.8 Å². The highest BCUT2D eigenvalue weighted by Gasteiger charge is 2.33. The molecule has 0 spiro atoms. The van der Waals surface area contributed by atoms with E-state index in [0.29, 0.717) is 11.1 Å². The molecule has 1 aromatic carbocycles. The summed E-state index contributed by atoms with van der Waals surface area (Å²) >= 11 is 1.71. The zero-order valence-corrected chi connectivity index (χ0v) is 13.5. The van der Waals surface area contributed by atoms with Gasteiger partial charge in [-0.05, 0) is 25.0 Å². The smallest absolute Gasteiger partial charge is 0.376 e. The second-order valence-corrected chi connectivity index (χ2v) is 6.35. The van der Waals surface area contributed by atoms with Gasteiger partial charge >= 0.3 is 6.18 Å². The van der Waals surface area contributed by atoms with Crippen molar-refractivity contribution in [1.29, 1.82) is 0 Å². The van der Waals surface area contributed by atoms with E-state index in [4.69, 9.17) is 0 Å². The van der Waals surface area contributed by atoms with Crippen molar-refractivity contribution >= 4 is 17.4 Å². The Labute approximate surface area is 129 Å². The molecule has 0 unspecified atom stereocenters. The third-order valence-electron chi connectivity index (χ3n) is 3.40. The molecule has 0 bridgehead atoms. The molecule has 0 saturated heterocycles. The van der Waals surface area contributed by atoms with Crippen LogP contribution in [0.25, 0.3) is 0 Å². The summed E-state index contributed by atoms with van der Waals surface area (Å²) in [4.78, 5) is 0. The number of para-hydroxylation sites is 1. The second kappa shape index (κ2) is 9.23. The Morgan fingerprint density at radius 1 is 1.14 bits per heavy atom. The molecule has 0 radical (unpaired) electrons. The third kappa shape index (κ3) is 6.64. The van der Waals surface area contributed by atoms with Gasteiger partial charge in [-0.25, -0.2) is 0 Å². The lowest BCUT2D eigenvalue weighted by Gasteiger charge is -2.17. The molecule has 0 aliphatic heterocycles. The molecule has 5 heteroatoms. The Hall–Kier alpha value is -0.840. The lowest BCUT2D eigenvalue weighted by molar-refractivity contribution is -0.136. The number of anilines is 1. The van der Waals surface area contributed by atoms with Gasteiger partial charge in [0.15, 0.2) is 0 Å². The topological polar surface area (TPSA) is 12.0 Å². The fraction of sp³-hybridized carbons (Fsp3) is 0.625. The maximum atomic E-state index is 12.9. The number of hydrogen-bond acceptors (Lipinski definition) is 2. The van der Waals surface area contributed by atoms with E-state index in [9.17, 15) is 13.2 Å². The molecule has 21 heavy (non-hydrogen) atoms. The first-order chi connectivity index (χ1) is 9.99. The Morgan fingerprint density at radius 2 is 1.86 bits per heavy atom. The largest absolute Gasteiger partial charge is 0.418 e. The van der Waals surface area contributed by atoms with Gasteiger partial charge in [-0.3, -0.25) is 0 Å². The minimum atomic E-state index is -4.31. The van der Waals surface area contributed by atoms with E-state index in [-0.39, 0.29) is 5.69 Å². The Morgan fingerprint density at radius 3 is 2.48 bits per heavy atom. The lowest BCUT2D eigenvalue weighted by Crippen LogP contribution is -2.12. The average Bonchev–Trinajstić information content (AvgIpc) is 2.45. The zero-order valence-electron chi connectivity index (χ0n) is 12.7. The van der Waals surface area contributed by atoms with Gasteiger partial charge in [0.1, 0.15) is 0 Å². The minimum absolute atomic E-state index is 0.168. The first-order valence-corrected chi connectivity index (χ1v) is 8.55. The summed E-state index contributed by atoms with van der Waals surface area (Å²) in [6, 6.07) is 5.65. The first-order valence-electron chi connectivity index (χ1n) is 7.50. The van der Waals surface area contributed by atoms with Gasteiger partial charge in [0.05, 0.1) is 11.4 Å². The van der Waals surface area contributed by atoms with Crippen molar-refractivity contribution in [1.82, 2.24) is 0 Å². The number of benzene rings is 1. The summed E-state index contributed by atoms with van der Waals surface area (Å²) in [6.45, 7) is 4.30. The summed E-state index contributed by atoms with van der Waals surface area (Å²) in [5.74, 6) is 0.512. The van der Waals surface area contributed by atoms with E-state index in [0.717, 1.165) is 18.9 Å². The molecular formula is C16H24F3NS. The van der Waals surface area contributed by atoms with Crippen molar-refractivity contribution in [2.24, 2.45) is 0 Å². The van der Waals surface area contributed by atoms with Crippen LogP contribution in [0.3, 0.4) is 0 Å². The van der Waals surface area contributed by atoms with Crippen molar-refractivity contribution in [3.63, 3.8) is 0 Å². The molecule has 1 aromatic rings. The molecule has 0 amide bonds. The summed E-state index contributed by atoms with van der Waals surface area (Å²) < 4.78 is 38.6. The third-order valence-corrected chi connectivity index (χ3v) is 4.75. The number of nitrogens with one attached hydrogen (secondary N) is 1. The first kappa shape index (κ1) is 18.2. The molecule has 1 nitrogen and oxygen atoms in total. The van der Waals surface area contributed by atoms with Crippen LogP contribution in [0.1, 0.15) is 51.5 Å². The molecule has 0 aliphatic carbocycles. The van der Waals surface area contributed by atoms with Crippen molar-refractivity contribution in [2.45, 2.75) is 57.4 Å². The summed E-state index contributed by atoms with van der Waals surface area (Å²) in [6.07, 6.45) is 1.50. The number of rotatable bonds is 9. The van der Waals surface area contributed by atoms with Crippen molar-refractivity contribution in [3.05, 3.63) is 29.8 Å². The fourth-order valence-corrected chi connectivity index (χ4v) is 3.19. The van der Waals surface area contributed by atoms with Gasteiger partial charge < -0.3 is 5.32 Å². The summed E-state index contributed by atoms with van der Waals surface area (Å²) in [5, 5.41) is 3.43. The predicted octanol–water partition coefficient (Wildman–Crippen LogP) is 6.17. The number of unbranched alkanes of at least 4 members (excludes halogenated alkanes) is 2. The van der Waals surface area contributed by atoms with E-state index in [1.165, 1.54) is 31.4 Å². The van der Waals surface area contributed by atoms with Gasteiger partial charge in [0.2, 0.25) is 0 Å². The molecule has 0 aliphatic rings. The molecule has 0 fully saturated rings. The molecule has 0 aromatic heterocycles. The fourth-order valence-electron chi connectivity index (χ4n) is 2.15. The molecule has 0 heterocycles. The van der Waals surface area contributed by atoms with Crippen LogP contribution in [0, 0.1) is 0 Å². The van der Waals surface area contributed by atoms with Crippen LogP contribution in [-0.2, 0) is 6.18 Å².